The number of anilines is 1. The van der Waals surface area contributed by atoms with E-state index >= 15 is 0 Å². The molecule has 2 heterocycles. The Bertz CT molecular complexity index is 1170. The summed E-state index contributed by atoms with van der Waals surface area (Å²) in [6.07, 6.45) is 0.196. The number of rotatable bonds is 5. The van der Waals surface area contributed by atoms with Crippen LogP contribution in [0.3, 0.4) is 0 Å². The Morgan fingerprint density at radius 2 is 1.83 bits per heavy atom. The van der Waals surface area contributed by atoms with Crippen LogP contribution in [0.1, 0.15) is 22.8 Å². The number of methoxy groups -OCH3 is 2. The van der Waals surface area contributed by atoms with Gasteiger partial charge < -0.3 is 14.8 Å². The van der Waals surface area contributed by atoms with Crippen LogP contribution in [0, 0.1) is 0 Å². The van der Waals surface area contributed by atoms with Crippen molar-refractivity contribution >= 4 is 32.8 Å². The molecule has 6 nitrogen and oxygen atoms in total. The minimum Gasteiger partial charge on any atom is -0.497 e. The number of ether oxygens (including phenoxy) is 2. The molecule has 29 heavy (non-hydrogen) atoms. The summed E-state index contributed by atoms with van der Waals surface area (Å²) in [7, 11) is -0.621. The van der Waals surface area contributed by atoms with Gasteiger partial charge in [-0.3, -0.25) is 4.79 Å². The lowest BCUT2D eigenvalue weighted by molar-refractivity contribution is -0.116. The van der Waals surface area contributed by atoms with Crippen molar-refractivity contribution in [3.05, 3.63) is 64.4 Å². The molecule has 1 aliphatic rings. The third kappa shape index (κ3) is 3.38. The van der Waals surface area contributed by atoms with Crippen molar-refractivity contribution in [3.63, 3.8) is 0 Å². The minimum atomic E-state index is -3.75. The summed E-state index contributed by atoms with van der Waals surface area (Å²) in [6.45, 7) is 0. The highest BCUT2D eigenvalue weighted by Crippen LogP contribution is 2.48. The van der Waals surface area contributed by atoms with E-state index in [0.717, 1.165) is 10.4 Å². The van der Waals surface area contributed by atoms with E-state index in [4.69, 9.17) is 9.47 Å². The highest BCUT2D eigenvalue weighted by molar-refractivity contribution is 7.91. The van der Waals surface area contributed by atoms with Gasteiger partial charge in [0.05, 0.1) is 24.8 Å². The molecule has 2 aromatic carbocycles. The molecule has 0 aliphatic carbocycles. The Morgan fingerprint density at radius 3 is 2.52 bits per heavy atom. The first-order valence-corrected chi connectivity index (χ1v) is 11.2. The zero-order valence-electron chi connectivity index (χ0n) is 15.8. The zero-order valence-corrected chi connectivity index (χ0v) is 17.5. The van der Waals surface area contributed by atoms with Crippen molar-refractivity contribution in [2.75, 3.05) is 19.5 Å². The van der Waals surface area contributed by atoms with Crippen molar-refractivity contribution in [1.82, 2.24) is 0 Å². The van der Waals surface area contributed by atoms with Gasteiger partial charge in [-0.2, -0.15) is 0 Å². The number of benzene rings is 2. The van der Waals surface area contributed by atoms with E-state index < -0.39 is 9.84 Å². The molecule has 3 aromatic rings. The fourth-order valence-electron chi connectivity index (χ4n) is 3.49. The maximum absolute atomic E-state index is 13.2. The van der Waals surface area contributed by atoms with E-state index in [1.165, 1.54) is 11.3 Å². The van der Waals surface area contributed by atoms with Gasteiger partial charge in [0.15, 0.2) is 0 Å². The molecule has 0 radical (unpaired) electrons. The van der Waals surface area contributed by atoms with Gasteiger partial charge in [-0.05, 0) is 30.3 Å². The van der Waals surface area contributed by atoms with E-state index in [-0.39, 0.29) is 28.0 Å². The SMILES string of the molecule is COc1ccc(OC)c([C@@H]2CC(=O)Nc3c(S(=O)(=O)c4ccccc4)csc32)c1. The number of nitrogens with one attached hydrogen (secondary N) is 1. The summed E-state index contributed by atoms with van der Waals surface area (Å²) in [5.74, 6) is 0.697. The lowest BCUT2D eigenvalue weighted by Crippen LogP contribution is -2.23. The lowest BCUT2D eigenvalue weighted by atomic mass is 9.90. The van der Waals surface area contributed by atoms with Crippen LogP contribution in [0.2, 0.25) is 0 Å². The van der Waals surface area contributed by atoms with Crippen molar-refractivity contribution in [2.45, 2.75) is 22.1 Å². The minimum absolute atomic E-state index is 0.114. The van der Waals surface area contributed by atoms with Crippen LogP contribution in [0.5, 0.6) is 11.5 Å². The predicted molar refractivity (Wildman–Crippen MR) is 111 cm³/mol. The van der Waals surface area contributed by atoms with E-state index in [2.05, 4.69) is 5.32 Å². The normalized spacial score (nSPS) is 16.1. The molecule has 1 aliphatic heterocycles. The number of amides is 1. The molecule has 0 spiro atoms. The van der Waals surface area contributed by atoms with E-state index in [9.17, 15) is 13.2 Å². The molecule has 0 bridgehead atoms. The van der Waals surface area contributed by atoms with E-state index in [1.807, 2.05) is 6.07 Å². The summed E-state index contributed by atoms with van der Waals surface area (Å²) in [5.41, 5.74) is 1.14. The summed E-state index contributed by atoms with van der Waals surface area (Å²) in [5, 5.41) is 4.37. The van der Waals surface area contributed by atoms with Crippen molar-refractivity contribution < 1.29 is 22.7 Å². The van der Waals surface area contributed by atoms with Gasteiger partial charge in [-0.1, -0.05) is 18.2 Å². The number of hydrogen-bond donors (Lipinski definition) is 1. The molecule has 1 aromatic heterocycles. The fourth-order valence-corrected chi connectivity index (χ4v) is 6.41. The van der Waals surface area contributed by atoms with Crippen molar-refractivity contribution in [1.29, 1.82) is 0 Å². The maximum Gasteiger partial charge on any atom is 0.225 e. The van der Waals surface area contributed by atoms with Crippen LogP contribution in [-0.4, -0.2) is 28.5 Å². The van der Waals surface area contributed by atoms with Crippen LogP contribution < -0.4 is 14.8 Å². The average molecular weight is 430 g/mol. The highest BCUT2D eigenvalue weighted by atomic mass is 32.2. The number of carbonyl (C=O) groups excluding carboxylic acids is 1. The fraction of sp³-hybridized carbons (Fsp3) is 0.190. The van der Waals surface area contributed by atoms with Gasteiger partial charge in [0, 0.05) is 28.2 Å². The molecule has 8 heteroatoms. The quantitative estimate of drug-likeness (QED) is 0.661. The third-order valence-corrected chi connectivity index (χ3v) is 7.95. The Morgan fingerprint density at radius 1 is 1.07 bits per heavy atom. The van der Waals surface area contributed by atoms with Crippen LogP contribution in [0.4, 0.5) is 5.69 Å². The first-order valence-electron chi connectivity index (χ1n) is 8.89. The Kier molecular flexibility index (Phi) is 5.06. The smallest absolute Gasteiger partial charge is 0.225 e. The molecule has 0 saturated carbocycles. The number of sulfone groups is 1. The molecule has 1 N–H and O–H groups in total. The van der Waals surface area contributed by atoms with Gasteiger partial charge in [-0.25, -0.2) is 8.42 Å². The van der Waals surface area contributed by atoms with Crippen LogP contribution >= 0.6 is 11.3 Å². The molecule has 4 rings (SSSR count). The Labute approximate surface area is 173 Å². The second-order valence-electron chi connectivity index (χ2n) is 6.57. The average Bonchev–Trinajstić information content (AvgIpc) is 3.17. The molecular weight excluding hydrogens is 410 g/mol. The first-order chi connectivity index (χ1) is 14.0. The zero-order chi connectivity index (χ0) is 20.6. The summed E-state index contributed by atoms with van der Waals surface area (Å²) >= 11 is 1.32. The summed E-state index contributed by atoms with van der Waals surface area (Å²) in [4.78, 5) is 13.6. The van der Waals surface area contributed by atoms with Crippen LogP contribution in [0.15, 0.2) is 63.7 Å². The molecule has 1 amide bonds. The third-order valence-electron chi connectivity index (χ3n) is 4.91. The highest BCUT2D eigenvalue weighted by Gasteiger charge is 2.35. The lowest BCUT2D eigenvalue weighted by Gasteiger charge is -2.25. The van der Waals surface area contributed by atoms with Gasteiger partial charge in [0.1, 0.15) is 16.4 Å². The van der Waals surface area contributed by atoms with Crippen LogP contribution in [-0.2, 0) is 14.6 Å². The number of carbonyl (C=O) groups is 1. The van der Waals surface area contributed by atoms with Gasteiger partial charge in [0.25, 0.3) is 0 Å². The van der Waals surface area contributed by atoms with Crippen molar-refractivity contribution in [2.24, 2.45) is 0 Å². The number of thiophene rings is 1. The first kappa shape index (κ1) is 19.5. The largest absolute Gasteiger partial charge is 0.497 e. The van der Waals surface area contributed by atoms with Gasteiger partial charge in [-0.15, -0.1) is 11.3 Å². The molecule has 0 saturated heterocycles. The monoisotopic (exact) mass is 429 g/mol. The Balaban J connectivity index is 1.86. The number of hydrogen-bond acceptors (Lipinski definition) is 6. The maximum atomic E-state index is 13.2. The van der Waals surface area contributed by atoms with Gasteiger partial charge >= 0.3 is 0 Å². The van der Waals surface area contributed by atoms with Crippen molar-refractivity contribution in [3.8, 4) is 11.5 Å². The standard InChI is InChI=1S/C21H19NO5S2/c1-26-13-8-9-17(27-2)15(10-13)16-11-19(23)22-20-18(12-28-21(16)20)29(24,25)14-6-4-3-5-7-14/h3-10,12,16H,11H2,1-2H3,(H,22,23)/t16-/m0/s1. The Hall–Kier alpha value is -2.84. The summed E-state index contributed by atoms with van der Waals surface area (Å²) < 4.78 is 37.1. The van der Waals surface area contributed by atoms with Gasteiger partial charge in [0.2, 0.25) is 15.7 Å². The topological polar surface area (TPSA) is 81.7 Å². The summed E-state index contributed by atoms with van der Waals surface area (Å²) in [6, 6.07) is 13.6. The van der Waals surface area contributed by atoms with Crippen LogP contribution in [0.25, 0.3) is 0 Å². The molecule has 150 valence electrons. The molecular formula is C21H19NO5S2. The molecule has 1 atom stereocenters. The molecule has 0 fully saturated rings. The van der Waals surface area contributed by atoms with E-state index in [1.54, 1.807) is 62.1 Å². The molecule has 0 unspecified atom stereocenters. The van der Waals surface area contributed by atoms with E-state index in [0.29, 0.717) is 17.2 Å². The number of fused-ring (bicyclic) bond motifs is 1. The second kappa shape index (κ2) is 7.53. The second-order valence-corrected chi connectivity index (χ2v) is 9.40. The predicted octanol–water partition coefficient (Wildman–Crippen LogP) is 4.07.